The fraction of sp³-hybridized carbons (Fsp3) is 0.417. The Bertz CT molecular complexity index is 359. The van der Waals surface area contributed by atoms with Gasteiger partial charge in [-0.25, -0.2) is 4.39 Å². The Labute approximate surface area is 89.1 Å². The molecule has 82 valence electrons. The number of carbonyl (C=O) groups excluding carboxylic acids is 1. The minimum Gasteiger partial charge on any atom is -0.493 e. The van der Waals surface area contributed by atoms with E-state index >= 15 is 0 Å². The lowest BCUT2D eigenvalue weighted by Gasteiger charge is -2.09. The highest BCUT2D eigenvalue weighted by Crippen LogP contribution is 2.17. The fourth-order valence-electron chi connectivity index (χ4n) is 1.11. The van der Waals surface area contributed by atoms with Gasteiger partial charge >= 0.3 is 0 Å². The van der Waals surface area contributed by atoms with Crippen LogP contribution in [-0.4, -0.2) is 12.4 Å². The summed E-state index contributed by atoms with van der Waals surface area (Å²) < 4.78 is 18.4. The van der Waals surface area contributed by atoms with E-state index in [0.717, 1.165) is 0 Å². The first-order chi connectivity index (χ1) is 6.99. The summed E-state index contributed by atoms with van der Waals surface area (Å²) in [5.74, 6) is 0.174. The Hall–Kier alpha value is -1.38. The largest absolute Gasteiger partial charge is 0.493 e. The van der Waals surface area contributed by atoms with Crippen molar-refractivity contribution in [2.24, 2.45) is 5.92 Å². The zero-order valence-corrected chi connectivity index (χ0v) is 9.21. The third-order valence-electron chi connectivity index (χ3n) is 1.86. The van der Waals surface area contributed by atoms with Gasteiger partial charge < -0.3 is 4.74 Å². The molecule has 15 heavy (non-hydrogen) atoms. The third-order valence-corrected chi connectivity index (χ3v) is 1.86. The second kappa shape index (κ2) is 4.91. The Morgan fingerprint density at radius 2 is 2.07 bits per heavy atom. The number of benzene rings is 1. The van der Waals surface area contributed by atoms with Gasteiger partial charge in [-0.05, 0) is 25.0 Å². The monoisotopic (exact) mass is 210 g/mol. The summed E-state index contributed by atoms with van der Waals surface area (Å²) in [4.78, 5) is 11.1. The van der Waals surface area contributed by atoms with E-state index in [9.17, 15) is 9.18 Å². The van der Waals surface area contributed by atoms with Crippen molar-refractivity contribution in [2.45, 2.75) is 20.8 Å². The van der Waals surface area contributed by atoms with Crippen molar-refractivity contribution in [3.05, 3.63) is 29.6 Å². The molecule has 0 aliphatic heterocycles. The van der Waals surface area contributed by atoms with Crippen LogP contribution in [0.4, 0.5) is 4.39 Å². The number of halogens is 1. The van der Waals surface area contributed by atoms with E-state index in [1.807, 2.05) is 13.8 Å². The lowest BCUT2D eigenvalue weighted by atomic mass is 10.1. The first kappa shape index (κ1) is 11.7. The number of ether oxygens (including phenoxy) is 1. The summed E-state index contributed by atoms with van der Waals surface area (Å²) >= 11 is 0. The van der Waals surface area contributed by atoms with Crippen molar-refractivity contribution in [1.29, 1.82) is 0 Å². The average Bonchev–Trinajstić information content (AvgIpc) is 2.13. The van der Waals surface area contributed by atoms with Crippen LogP contribution >= 0.6 is 0 Å². The molecule has 0 spiro atoms. The molecule has 0 bridgehead atoms. The van der Waals surface area contributed by atoms with Gasteiger partial charge in [0.05, 0.1) is 6.61 Å². The predicted octanol–water partition coefficient (Wildman–Crippen LogP) is 3.06. The van der Waals surface area contributed by atoms with E-state index < -0.39 is 5.82 Å². The molecule has 1 rings (SSSR count). The van der Waals surface area contributed by atoms with Gasteiger partial charge in [0.25, 0.3) is 0 Å². The summed E-state index contributed by atoms with van der Waals surface area (Å²) in [5, 5.41) is 0. The van der Waals surface area contributed by atoms with Crippen LogP contribution in [0.3, 0.4) is 0 Å². The molecule has 0 aliphatic rings. The standard InChI is InChI=1S/C12H15FO2/c1-8(2)7-15-12-5-10(9(3)14)4-11(13)6-12/h4-6,8H,7H2,1-3H3. The number of rotatable bonds is 4. The van der Waals surface area contributed by atoms with Crippen molar-refractivity contribution < 1.29 is 13.9 Å². The van der Waals surface area contributed by atoms with Gasteiger partial charge in [0, 0.05) is 11.6 Å². The molecule has 0 heterocycles. The Balaban J connectivity index is 2.84. The molecule has 3 heteroatoms. The molecule has 0 N–H and O–H groups in total. The quantitative estimate of drug-likeness (QED) is 0.714. The molecule has 2 nitrogen and oxygen atoms in total. The normalized spacial score (nSPS) is 10.5. The molecular formula is C12H15FO2. The molecule has 1 aromatic rings. The van der Waals surface area contributed by atoms with E-state index in [1.54, 1.807) is 6.07 Å². The van der Waals surface area contributed by atoms with Crippen LogP contribution in [0.5, 0.6) is 5.75 Å². The van der Waals surface area contributed by atoms with Crippen LogP contribution in [0.25, 0.3) is 0 Å². The highest BCUT2D eigenvalue weighted by Gasteiger charge is 2.06. The number of hydrogen-bond acceptors (Lipinski definition) is 2. The maximum absolute atomic E-state index is 13.1. The van der Waals surface area contributed by atoms with Crippen molar-refractivity contribution in [3.63, 3.8) is 0 Å². The van der Waals surface area contributed by atoms with Gasteiger partial charge in [0.1, 0.15) is 11.6 Å². The third kappa shape index (κ3) is 3.70. The molecule has 1 aromatic carbocycles. The van der Waals surface area contributed by atoms with Gasteiger partial charge in [-0.3, -0.25) is 4.79 Å². The number of Topliss-reactive ketones (excluding diaryl/α,β-unsaturated/α-hetero) is 1. The molecule has 0 aliphatic carbocycles. The van der Waals surface area contributed by atoms with Gasteiger partial charge in [0.2, 0.25) is 0 Å². The van der Waals surface area contributed by atoms with E-state index in [-0.39, 0.29) is 5.78 Å². The molecule has 0 atom stereocenters. The SMILES string of the molecule is CC(=O)c1cc(F)cc(OCC(C)C)c1. The lowest BCUT2D eigenvalue weighted by Crippen LogP contribution is -2.05. The van der Waals surface area contributed by atoms with Crippen molar-refractivity contribution in [3.8, 4) is 5.75 Å². The van der Waals surface area contributed by atoms with E-state index in [2.05, 4.69) is 0 Å². The smallest absolute Gasteiger partial charge is 0.160 e. The molecule has 0 aromatic heterocycles. The minimum absolute atomic E-state index is 0.163. The Morgan fingerprint density at radius 3 is 2.60 bits per heavy atom. The molecule has 0 amide bonds. The average molecular weight is 210 g/mol. The summed E-state index contributed by atoms with van der Waals surface area (Å²) in [5.41, 5.74) is 0.341. The Kier molecular flexibility index (Phi) is 3.83. The zero-order valence-electron chi connectivity index (χ0n) is 9.21. The van der Waals surface area contributed by atoms with Gasteiger partial charge in [-0.1, -0.05) is 13.8 Å². The molecule has 0 unspecified atom stereocenters. The predicted molar refractivity (Wildman–Crippen MR) is 56.7 cm³/mol. The van der Waals surface area contributed by atoms with Gasteiger partial charge in [-0.15, -0.1) is 0 Å². The molecule has 0 saturated heterocycles. The van der Waals surface area contributed by atoms with Crippen molar-refractivity contribution >= 4 is 5.78 Å². The maximum Gasteiger partial charge on any atom is 0.160 e. The number of carbonyl (C=O) groups is 1. The fourth-order valence-corrected chi connectivity index (χ4v) is 1.11. The number of ketones is 1. The van der Waals surface area contributed by atoms with Crippen LogP contribution in [-0.2, 0) is 0 Å². The van der Waals surface area contributed by atoms with Crippen LogP contribution in [0.1, 0.15) is 31.1 Å². The zero-order chi connectivity index (χ0) is 11.4. The van der Waals surface area contributed by atoms with Gasteiger partial charge in [0.15, 0.2) is 5.78 Å². The molecule has 0 saturated carbocycles. The molecule has 0 radical (unpaired) electrons. The van der Waals surface area contributed by atoms with Crippen LogP contribution in [0.2, 0.25) is 0 Å². The second-order valence-electron chi connectivity index (χ2n) is 3.94. The highest BCUT2D eigenvalue weighted by molar-refractivity contribution is 5.94. The van der Waals surface area contributed by atoms with Crippen LogP contribution in [0.15, 0.2) is 18.2 Å². The van der Waals surface area contributed by atoms with Gasteiger partial charge in [-0.2, -0.15) is 0 Å². The summed E-state index contributed by atoms with van der Waals surface area (Å²) in [7, 11) is 0. The minimum atomic E-state index is -0.443. The summed E-state index contributed by atoms with van der Waals surface area (Å²) in [6.07, 6.45) is 0. The Morgan fingerprint density at radius 1 is 1.40 bits per heavy atom. The maximum atomic E-state index is 13.1. The number of hydrogen-bond donors (Lipinski definition) is 0. The summed E-state index contributed by atoms with van der Waals surface area (Å²) in [6.45, 7) is 5.93. The van der Waals surface area contributed by atoms with Crippen molar-refractivity contribution in [1.82, 2.24) is 0 Å². The first-order valence-electron chi connectivity index (χ1n) is 4.93. The van der Waals surface area contributed by atoms with E-state index in [0.29, 0.717) is 23.8 Å². The topological polar surface area (TPSA) is 26.3 Å². The lowest BCUT2D eigenvalue weighted by molar-refractivity contribution is 0.101. The van der Waals surface area contributed by atoms with Crippen LogP contribution in [0, 0.1) is 11.7 Å². The molecule has 0 fully saturated rings. The second-order valence-corrected chi connectivity index (χ2v) is 3.94. The summed E-state index contributed by atoms with van der Waals surface area (Å²) in [6, 6.07) is 4.06. The van der Waals surface area contributed by atoms with Crippen molar-refractivity contribution in [2.75, 3.05) is 6.61 Å². The molecular weight excluding hydrogens is 195 g/mol. The highest BCUT2D eigenvalue weighted by atomic mass is 19.1. The van der Waals surface area contributed by atoms with E-state index in [1.165, 1.54) is 19.1 Å². The first-order valence-corrected chi connectivity index (χ1v) is 4.93. The van der Waals surface area contributed by atoms with E-state index in [4.69, 9.17) is 4.74 Å². The van der Waals surface area contributed by atoms with Crippen LogP contribution < -0.4 is 4.74 Å².